The summed E-state index contributed by atoms with van der Waals surface area (Å²) in [5.41, 5.74) is 0.579. The molecule has 2 aromatic carbocycles. The lowest BCUT2D eigenvalue weighted by Gasteiger charge is -2.10. The third-order valence-electron chi connectivity index (χ3n) is 2.89. The molecular weight excluding hydrogens is 300 g/mol. The molecule has 0 aliphatic rings. The molecule has 2 rings (SSSR count). The van der Waals surface area contributed by atoms with Gasteiger partial charge in [-0.2, -0.15) is 0 Å². The number of esters is 1. The van der Waals surface area contributed by atoms with Crippen LogP contribution in [0.4, 0.5) is 14.5 Å². The van der Waals surface area contributed by atoms with Crippen molar-refractivity contribution in [1.82, 2.24) is 0 Å². The Balaban J connectivity index is 2.19. The molecule has 0 saturated heterocycles. The lowest BCUT2D eigenvalue weighted by atomic mass is 10.1. The molecule has 1 N–H and O–H groups in total. The molecule has 0 heterocycles. The first-order valence-electron chi connectivity index (χ1n) is 6.07. The molecule has 0 aliphatic carbocycles. The Morgan fingerprint density at radius 3 is 2.76 bits per heavy atom. The number of carbonyl (C=O) groups is 1. The number of carbonyl (C=O) groups excluding carboxylic acids is 1. The van der Waals surface area contributed by atoms with Gasteiger partial charge < -0.3 is 10.1 Å². The van der Waals surface area contributed by atoms with Gasteiger partial charge in [0, 0.05) is 12.1 Å². The van der Waals surface area contributed by atoms with Crippen LogP contribution in [0.15, 0.2) is 36.4 Å². The molecule has 21 heavy (non-hydrogen) atoms. The summed E-state index contributed by atoms with van der Waals surface area (Å²) in [6.07, 6.45) is 0. The van der Waals surface area contributed by atoms with Gasteiger partial charge in [0.15, 0.2) is 0 Å². The molecule has 6 heteroatoms. The third kappa shape index (κ3) is 3.49. The number of ether oxygens (including phenoxy) is 1. The topological polar surface area (TPSA) is 38.3 Å². The van der Waals surface area contributed by atoms with Crippen molar-refractivity contribution in [2.24, 2.45) is 0 Å². The lowest BCUT2D eigenvalue weighted by molar-refractivity contribution is 0.0600. The van der Waals surface area contributed by atoms with Gasteiger partial charge in [0.05, 0.1) is 23.4 Å². The standard InChI is InChI=1S/C15H12ClF2NO2/c1-21-15(20)9-5-6-12(17)13(7-9)19-8-10-3-2-4-11(16)14(10)18/h2-7,19H,8H2,1H3. The zero-order valence-corrected chi connectivity index (χ0v) is 11.9. The molecule has 0 aromatic heterocycles. The molecule has 0 atom stereocenters. The second kappa shape index (κ2) is 6.54. The predicted molar refractivity (Wildman–Crippen MR) is 76.5 cm³/mol. The number of nitrogens with one attached hydrogen (secondary N) is 1. The van der Waals surface area contributed by atoms with E-state index in [-0.39, 0.29) is 22.8 Å². The fourth-order valence-electron chi connectivity index (χ4n) is 1.78. The van der Waals surface area contributed by atoms with Crippen molar-refractivity contribution in [1.29, 1.82) is 0 Å². The van der Waals surface area contributed by atoms with Gasteiger partial charge in [0.25, 0.3) is 0 Å². The molecule has 110 valence electrons. The summed E-state index contributed by atoms with van der Waals surface area (Å²) in [4.78, 5) is 11.4. The number of rotatable bonds is 4. The molecule has 0 fully saturated rings. The second-order valence-corrected chi connectivity index (χ2v) is 4.66. The van der Waals surface area contributed by atoms with Gasteiger partial charge in [-0.25, -0.2) is 13.6 Å². The summed E-state index contributed by atoms with van der Waals surface area (Å²) < 4.78 is 32.0. The van der Waals surface area contributed by atoms with Crippen LogP contribution in [0.5, 0.6) is 0 Å². The quantitative estimate of drug-likeness (QED) is 0.867. The van der Waals surface area contributed by atoms with Gasteiger partial charge in [-0.3, -0.25) is 0 Å². The van der Waals surface area contributed by atoms with Crippen molar-refractivity contribution in [3.8, 4) is 0 Å². The Kier molecular flexibility index (Phi) is 4.75. The van der Waals surface area contributed by atoms with E-state index in [2.05, 4.69) is 10.1 Å². The SMILES string of the molecule is COC(=O)c1ccc(F)c(NCc2cccc(Cl)c2F)c1. The number of methoxy groups -OCH3 is 1. The largest absolute Gasteiger partial charge is 0.465 e. The Hall–Kier alpha value is -2.14. The Morgan fingerprint density at radius 2 is 2.05 bits per heavy atom. The van der Waals surface area contributed by atoms with Crippen molar-refractivity contribution in [2.75, 3.05) is 12.4 Å². The number of hydrogen-bond acceptors (Lipinski definition) is 3. The zero-order chi connectivity index (χ0) is 15.4. The molecule has 0 radical (unpaired) electrons. The highest BCUT2D eigenvalue weighted by atomic mass is 35.5. The van der Waals surface area contributed by atoms with E-state index >= 15 is 0 Å². The molecule has 0 spiro atoms. The van der Waals surface area contributed by atoms with E-state index in [9.17, 15) is 13.6 Å². The zero-order valence-electron chi connectivity index (χ0n) is 11.1. The fraction of sp³-hybridized carbons (Fsp3) is 0.133. The smallest absolute Gasteiger partial charge is 0.337 e. The van der Waals surface area contributed by atoms with Crippen LogP contribution in [0.3, 0.4) is 0 Å². The lowest BCUT2D eigenvalue weighted by Crippen LogP contribution is -2.06. The highest BCUT2D eigenvalue weighted by Gasteiger charge is 2.11. The van der Waals surface area contributed by atoms with Crippen LogP contribution < -0.4 is 5.32 Å². The summed E-state index contributed by atoms with van der Waals surface area (Å²) in [5.74, 6) is -1.69. The monoisotopic (exact) mass is 311 g/mol. The first-order chi connectivity index (χ1) is 10.0. The van der Waals surface area contributed by atoms with E-state index in [0.717, 1.165) is 6.07 Å². The van der Waals surface area contributed by atoms with E-state index < -0.39 is 17.6 Å². The predicted octanol–water partition coefficient (Wildman–Crippen LogP) is 4.02. The maximum Gasteiger partial charge on any atom is 0.337 e. The average molecular weight is 312 g/mol. The van der Waals surface area contributed by atoms with Crippen molar-refractivity contribution >= 4 is 23.3 Å². The minimum atomic E-state index is -0.577. The number of halogens is 3. The first kappa shape index (κ1) is 15.3. The highest BCUT2D eigenvalue weighted by molar-refractivity contribution is 6.30. The second-order valence-electron chi connectivity index (χ2n) is 4.25. The minimum absolute atomic E-state index is 0.00177. The molecule has 0 amide bonds. The van der Waals surface area contributed by atoms with Gasteiger partial charge in [0.2, 0.25) is 0 Å². The summed E-state index contributed by atoms with van der Waals surface area (Å²) in [6, 6.07) is 8.33. The van der Waals surface area contributed by atoms with Gasteiger partial charge in [-0.15, -0.1) is 0 Å². The molecule has 0 unspecified atom stereocenters. The summed E-state index contributed by atoms with van der Waals surface area (Å²) in [7, 11) is 1.24. The molecule has 3 nitrogen and oxygen atoms in total. The maximum atomic E-state index is 13.7. The molecular formula is C15H12ClF2NO2. The molecule has 0 saturated carbocycles. The summed E-state index contributed by atoms with van der Waals surface area (Å²) in [6.45, 7) is 0.0357. The van der Waals surface area contributed by atoms with Gasteiger partial charge in [-0.05, 0) is 24.3 Å². The van der Waals surface area contributed by atoms with E-state index in [0.29, 0.717) is 5.56 Å². The molecule has 2 aromatic rings. The van der Waals surface area contributed by atoms with Crippen LogP contribution in [-0.4, -0.2) is 13.1 Å². The van der Waals surface area contributed by atoms with Crippen molar-refractivity contribution in [3.63, 3.8) is 0 Å². The van der Waals surface area contributed by atoms with Crippen molar-refractivity contribution < 1.29 is 18.3 Å². The molecule has 0 bridgehead atoms. The van der Waals surface area contributed by atoms with Crippen molar-refractivity contribution in [2.45, 2.75) is 6.54 Å². The van der Waals surface area contributed by atoms with E-state index in [1.54, 1.807) is 6.07 Å². The Labute approximate surface area is 125 Å². The first-order valence-corrected chi connectivity index (χ1v) is 6.45. The average Bonchev–Trinajstić information content (AvgIpc) is 2.49. The normalized spacial score (nSPS) is 10.3. The highest BCUT2D eigenvalue weighted by Crippen LogP contribution is 2.21. The van der Waals surface area contributed by atoms with Gasteiger partial charge in [-0.1, -0.05) is 23.7 Å². The maximum absolute atomic E-state index is 13.7. The Morgan fingerprint density at radius 1 is 1.29 bits per heavy atom. The van der Waals surface area contributed by atoms with Gasteiger partial charge >= 0.3 is 5.97 Å². The van der Waals surface area contributed by atoms with E-state index in [4.69, 9.17) is 11.6 Å². The third-order valence-corrected chi connectivity index (χ3v) is 3.18. The van der Waals surface area contributed by atoms with Crippen molar-refractivity contribution in [3.05, 3.63) is 64.2 Å². The van der Waals surface area contributed by atoms with Crippen LogP contribution in [0, 0.1) is 11.6 Å². The van der Waals surface area contributed by atoms with Crippen LogP contribution in [-0.2, 0) is 11.3 Å². The number of anilines is 1. The van der Waals surface area contributed by atoms with Crippen LogP contribution in [0.2, 0.25) is 5.02 Å². The van der Waals surface area contributed by atoms with Gasteiger partial charge in [0.1, 0.15) is 11.6 Å². The van der Waals surface area contributed by atoms with E-state index in [1.165, 1.54) is 31.4 Å². The van der Waals surface area contributed by atoms with E-state index in [1.807, 2.05) is 0 Å². The number of hydrogen-bond donors (Lipinski definition) is 1. The van der Waals surface area contributed by atoms with Crippen LogP contribution >= 0.6 is 11.6 Å². The minimum Gasteiger partial charge on any atom is -0.465 e. The number of benzene rings is 2. The molecule has 0 aliphatic heterocycles. The van der Waals surface area contributed by atoms with Crippen LogP contribution in [0.1, 0.15) is 15.9 Å². The summed E-state index contributed by atoms with van der Waals surface area (Å²) in [5, 5.41) is 2.73. The Bertz CT molecular complexity index is 677. The summed E-state index contributed by atoms with van der Waals surface area (Å²) >= 11 is 5.67. The fourth-order valence-corrected chi connectivity index (χ4v) is 1.98. The van der Waals surface area contributed by atoms with Crippen LogP contribution in [0.25, 0.3) is 0 Å².